The fourth-order valence-electron chi connectivity index (χ4n) is 1.58. The Kier molecular flexibility index (Phi) is 4.44. The van der Waals surface area contributed by atoms with Crippen LogP contribution in [0.2, 0.25) is 5.02 Å². The summed E-state index contributed by atoms with van der Waals surface area (Å²) in [5.41, 5.74) is 1.56. The zero-order valence-electron chi connectivity index (χ0n) is 10.0. The lowest BCUT2D eigenvalue weighted by atomic mass is 10.2. The number of nitrogens with one attached hydrogen (secondary N) is 2. The van der Waals surface area contributed by atoms with Gasteiger partial charge in [-0.25, -0.2) is 0 Å². The Morgan fingerprint density at radius 1 is 1.58 bits per heavy atom. The molecule has 0 aromatic heterocycles. The molecule has 0 radical (unpaired) electrons. The van der Waals surface area contributed by atoms with Gasteiger partial charge in [-0.1, -0.05) is 41.6 Å². The quantitative estimate of drug-likeness (QED) is 0.842. The number of carbonyl (C=O) groups excluding carboxylic acids is 2. The second-order valence-corrected chi connectivity index (χ2v) is 6.39. The third-order valence-corrected chi connectivity index (χ3v) is 4.37. The van der Waals surface area contributed by atoms with Crippen LogP contribution in [0, 0.1) is 6.92 Å². The highest BCUT2D eigenvalue weighted by Gasteiger charge is 2.30. The van der Waals surface area contributed by atoms with Crippen molar-refractivity contribution >= 4 is 57.4 Å². The molecule has 1 aliphatic heterocycles. The molecule has 1 fully saturated rings. The van der Waals surface area contributed by atoms with Gasteiger partial charge in [-0.05, 0) is 24.6 Å². The van der Waals surface area contributed by atoms with Crippen molar-refractivity contribution in [2.24, 2.45) is 0 Å². The van der Waals surface area contributed by atoms with Crippen molar-refractivity contribution in [3.05, 3.63) is 28.8 Å². The summed E-state index contributed by atoms with van der Waals surface area (Å²) >= 11 is 12.0. The fourth-order valence-corrected chi connectivity index (χ4v) is 3.03. The zero-order valence-corrected chi connectivity index (χ0v) is 12.4. The van der Waals surface area contributed by atoms with Crippen molar-refractivity contribution in [1.82, 2.24) is 5.32 Å². The van der Waals surface area contributed by atoms with Crippen LogP contribution in [0.15, 0.2) is 18.2 Å². The van der Waals surface area contributed by atoms with Crippen LogP contribution in [0.25, 0.3) is 0 Å². The first kappa shape index (κ1) is 14.3. The number of halogens is 1. The van der Waals surface area contributed by atoms with Gasteiger partial charge in [0.15, 0.2) is 0 Å². The molecule has 0 aliphatic carbocycles. The molecule has 100 valence electrons. The minimum Gasteiger partial charge on any atom is -0.326 e. The molecule has 4 nitrogen and oxygen atoms in total. The highest BCUT2D eigenvalue weighted by Crippen LogP contribution is 2.24. The second kappa shape index (κ2) is 5.90. The van der Waals surface area contributed by atoms with Gasteiger partial charge in [-0.3, -0.25) is 9.59 Å². The normalized spacial score (nSPS) is 18.3. The van der Waals surface area contributed by atoms with Crippen molar-refractivity contribution in [3.8, 4) is 0 Å². The number of carbonyl (C=O) groups is 2. The summed E-state index contributed by atoms with van der Waals surface area (Å²) in [6, 6.07) is 5.27. The van der Waals surface area contributed by atoms with E-state index in [-0.39, 0.29) is 18.2 Å². The number of anilines is 1. The molecular formula is C12H11ClN2O2S2. The van der Waals surface area contributed by atoms with Gasteiger partial charge in [0.05, 0.1) is 5.25 Å². The van der Waals surface area contributed by atoms with Crippen LogP contribution >= 0.6 is 35.6 Å². The van der Waals surface area contributed by atoms with Gasteiger partial charge in [0.2, 0.25) is 11.8 Å². The summed E-state index contributed by atoms with van der Waals surface area (Å²) in [7, 11) is 0. The van der Waals surface area contributed by atoms with E-state index in [1.54, 1.807) is 12.1 Å². The molecule has 2 rings (SSSR count). The lowest BCUT2D eigenvalue weighted by molar-refractivity contribution is -0.122. The van der Waals surface area contributed by atoms with E-state index in [1.165, 1.54) is 11.8 Å². The van der Waals surface area contributed by atoms with Gasteiger partial charge in [-0.15, -0.1) is 0 Å². The molecule has 7 heteroatoms. The van der Waals surface area contributed by atoms with Crippen molar-refractivity contribution < 1.29 is 9.59 Å². The lowest BCUT2D eigenvalue weighted by Gasteiger charge is -2.08. The van der Waals surface area contributed by atoms with Gasteiger partial charge < -0.3 is 10.6 Å². The topological polar surface area (TPSA) is 58.2 Å². The van der Waals surface area contributed by atoms with Crippen molar-refractivity contribution in [2.45, 2.75) is 18.6 Å². The van der Waals surface area contributed by atoms with E-state index in [0.29, 0.717) is 15.0 Å². The molecule has 1 aromatic rings. The van der Waals surface area contributed by atoms with Crippen molar-refractivity contribution in [3.63, 3.8) is 0 Å². The first-order valence-electron chi connectivity index (χ1n) is 5.53. The van der Waals surface area contributed by atoms with Gasteiger partial charge in [0, 0.05) is 17.1 Å². The van der Waals surface area contributed by atoms with E-state index in [0.717, 1.165) is 5.56 Å². The number of thioether (sulfide) groups is 1. The minimum atomic E-state index is -0.451. The summed E-state index contributed by atoms with van der Waals surface area (Å²) < 4.78 is 0.418. The number of hydrogen-bond donors (Lipinski definition) is 2. The fraction of sp³-hybridized carbons (Fsp3) is 0.250. The summed E-state index contributed by atoms with van der Waals surface area (Å²) in [4.78, 5) is 23.3. The van der Waals surface area contributed by atoms with Crippen molar-refractivity contribution in [2.75, 3.05) is 5.32 Å². The molecule has 1 saturated heterocycles. The zero-order chi connectivity index (χ0) is 14.0. The lowest BCUT2D eigenvalue weighted by Crippen LogP contribution is -2.27. The number of amides is 2. The Hall–Kier alpha value is -1.11. The maximum absolute atomic E-state index is 11.8. The van der Waals surface area contributed by atoms with Crippen LogP contribution in [0.4, 0.5) is 5.69 Å². The van der Waals surface area contributed by atoms with E-state index in [4.69, 9.17) is 23.8 Å². The van der Waals surface area contributed by atoms with E-state index in [2.05, 4.69) is 10.6 Å². The van der Waals surface area contributed by atoms with Crippen LogP contribution in [0.3, 0.4) is 0 Å². The largest absolute Gasteiger partial charge is 0.326 e. The molecule has 0 bridgehead atoms. The van der Waals surface area contributed by atoms with Crippen LogP contribution in [0.5, 0.6) is 0 Å². The van der Waals surface area contributed by atoms with Crippen molar-refractivity contribution in [1.29, 1.82) is 0 Å². The molecule has 2 N–H and O–H groups in total. The van der Waals surface area contributed by atoms with Crippen LogP contribution in [0.1, 0.15) is 12.0 Å². The SMILES string of the molecule is Cc1ccc(NC(=O)CC2SC(=S)NC2=O)cc1Cl. The van der Waals surface area contributed by atoms with E-state index in [1.807, 2.05) is 13.0 Å². The Labute approximate surface area is 125 Å². The summed E-state index contributed by atoms with van der Waals surface area (Å²) in [6.45, 7) is 1.88. The number of aryl methyl sites for hydroxylation is 1. The number of hydrogen-bond acceptors (Lipinski definition) is 4. The first-order valence-corrected chi connectivity index (χ1v) is 7.20. The standard InChI is InChI=1S/C12H11ClN2O2S2/c1-6-2-3-7(4-8(6)13)14-10(16)5-9-11(17)15-12(18)19-9/h2-4,9H,5H2,1H3,(H,14,16)(H,15,17,18). The third-order valence-electron chi connectivity index (χ3n) is 2.59. The number of benzene rings is 1. The average Bonchev–Trinajstić information content (AvgIpc) is 2.62. The van der Waals surface area contributed by atoms with Gasteiger partial charge in [-0.2, -0.15) is 0 Å². The number of rotatable bonds is 3. The monoisotopic (exact) mass is 314 g/mol. The Balaban J connectivity index is 1.96. The molecule has 2 amide bonds. The molecule has 19 heavy (non-hydrogen) atoms. The third kappa shape index (κ3) is 3.68. The predicted octanol–water partition coefficient (Wildman–Crippen LogP) is 2.49. The molecular weight excluding hydrogens is 304 g/mol. The van der Waals surface area contributed by atoms with Crippen LogP contribution < -0.4 is 10.6 Å². The molecule has 0 spiro atoms. The van der Waals surface area contributed by atoms with E-state index in [9.17, 15) is 9.59 Å². The van der Waals surface area contributed by atoms with E-state index < -0.39 is 5.25 Å². The molecule has 1 aliphatic rings. The maximum atomic E-state index is 11.8. The molecule has 1 atom stereocenters. The molecule has 0 saturated carbocycles. The number of thiocarbonyl (C=S) groups is 1. The molecule has 1 heterocycles. The van der Waals surface area contributed by atoms with Gasteiger partial charge >= 0.3 is 0 Å². The Bertz CT molecular complexity index is 563. The van der Waals surface area contributed by atoms with Crippen LogP contribution in [-0.2, 0) is 9.59 Å². The Morgan fingerprint density at radius 3 is 2.89 bits per heavy atom. The highest BCUT2D eigenvalue weighted by atomic mass is 35.5. The summed E-state index contributed by atoms with van der Waals surface area (Å²) in [6.07, 6.45) is 0.0855. The maximum Gasteiger partial charge on any atom is 0.239 e. The van der Waals surface area contributed by atoms with Gasteiger partial charge in [0.25, 0.3) is 0 Å². The van der Waals surface area contributed by atoms with Gasteiger partial charge in [0.1, 0.15) is 4.32 Å². The molecule has 1 aromatic carbocycles. The van der Waals surface area contributed by atoms with Crippen LogP contribution in [-0.4, -0.2) is 21.4 Å². The summed E-state index contributed by atoms with van der Waals surface area (Å²) in [5.74, 6) is -0.454. The highest BCUT2D eigenvalue weighted by molar-refractivity contribution is 8.24. The smallest absolute Gasteiger partial charge is 0.239 e. The molecule has 1 unspecified atom stereocenters. The van der Waals surface area contributed by atoms with E-state index >= 15 is 0 Å². The average molecular weight is 315 g/mol. The Morgan fingerprint density at radius 2 is 2.32 bits per heavy atom. The first-order chi connectivity index (χ1) is 8.95. The second-order valence-electron chi connectivity index (χ2n) is 4.10. The predicted molar refractivity (Wildman–Crippen MR) is 81.6 cm³/mol. The summed E-state index contributed by atoms with van der Waals surface area (Å²) in [5, 5.41) is 5.36. The minimum absolute atomic E-state index is 0.0855.